The molecule has 0 saturated heterocycles. The van der Waals surface area contributed by atoms with Crippen molar-refractivity contribution in [1.29, 1.82) is 0 Å². The number of aryl methyl sites for hydroxylation is 2. The van der Waals surface area contributed by atoms with E-state index in [4.69, 9.17) is 4.74 Å². The molecule has 4 nitrogen and oxygen atoms in total. The zero-order valence-electron chi connectivity index (χ0n) is 16.3. The molecule has 4 unspecified atom stereocenters. The fourth-order valence-electron chi connectivity index (χ4n) is 4.23. The number of carbonyl (C=O) groups excluding carboxylic acids is 1. The molecule has 1 aromatic heterocycles. The van der Waals surface area contributed by atoms with E-state index in [9.17, 15) is 9.90 Å². The van der Waals surface area contributed by atoms with Crippen molar-refractivity contribution in [3.05, 3.63) is 45.6 Å². The maximum atomic E-state index is 12.8. The number of aliphatic hydroxyl groups excluding tert-OH is 1. The Labute approximate surface area is 174 Å². The topological polar surface area (TPSA) is 58.6 Å². The quantitative estimate of drug-likeness (QED) is 0.694. The van der Waals surface area contributed by atoms with E-state index in [2.05, 4.69) is 12.2 Å². The average Bonchev–Trinajstić information content (AvgIpc) is 3.25. The fraction of sp³-hybridized carbons (Fsp3) is 0.500. The van der Waals surface area contributed by atoms with Crippen molar-refractivity contribution >= 4 is 28.9 Å². The van der Waals surface area contributed by atoms with E-state index in [0.717, 1.165) is 37.0 Å². The van der Waals surface area contributed by atoms with Crippen molar-refractivity contribution in [3.63, 3.8) is 0 Å². The third-order valence-corrected chi connectivity index (χ3v) is 7.67. The Morgan fingerprint density at radius 2 is 2.04 bits per heavy atom. The SMILES string of the molecule is CSc1ccc(OC2CCC(NCC3CCc4sc(C)cc4C3=O)C2O)cc1. The molecular weight excluding hydrogens is 390 g/mol. The molecule has 4 atom stereocenters. The van der Waals surface area contributed by atoms with Gasteiger partial charge in [-0.25, -0.2) is 0 Å². The molecule has 2 aromatic rings. The lowest BCUT2D eigenvalue weighted by atomic mass is 9.87. The zero-order valence-corrected chi connectivity index (χ0v) is 17.9. The number of fused-ring (bicyclic) bond motifs is 1. The molecule has 6 heteroatoms. The monoisotopic (exact) mass is 417 g/mol. The second-order valence-electron chi connectivity index (χ2n) is 7.71. The Hall–Kier alpha value is -1.34. The van der Waals surface area contributed by atoms with Crippen LogP contribution in [0.3, 0.4) is 0 Å². The summed E-state index contributed by atoms with van der Waals surface area (Å²) in [5.41, 5.74) is 0.919. The number of aliphatic hydroxyl groups is 1. The van der Waals surface area contributed by atoms with Gasteiger partial charge < -0.3 is 15.2 Å². The minimum atomic E-state index is -0.558. The Bertz CT molecular complexity index is 833. The molecule has 1 fully saturated rings. The molecule has 0 spiro atoms. The van der Waals surface area contributed by atoms with Crippen molar-refractivity contribution < 1.29 is 14.6 Å². The summed E-state index contributed by atoms with van der Waals surface area (Å²) in [7, 11) is 0. The fourth-order valence-corrected chi connectivity index (χ4v) is 5.69. The molecule has 4 rings (SSSR count). The van der Waals surface area contributed by atoms with Crippen molar-refractivity contribution in [2.24, 2.45) is 5.92 Å². The van der Waals surface area contributed by atoms with Crippen LogP contribution in [-0.2, 0) is 6.42 Å². The molecule has 2 aliphatic rings. The first-order valence-corrected chi connectivity index (χ1v) is 11.9. The number of carbonyl (C=O) groups is 1. The number of ketones is 1. The lowest BCUT2D eigenvalue weighted by Gasteiger charge is -2.25. The molecule has 1 aromatic carbocycles. The zero-order chi connectivity index (χ0) is 19.7. The summed E-state index contributed by atoms with van der Waals surface area (Å²) in [6, 6.07) is 10.00. The number of nitrogens with one attached hydrogen (secondary N) is 1. The molecule has 0 radical (unpaired) electrons. The first-order chi connectivity index (χ1) is 13.5. The molecule has 2 N–H and O–H groups in total. The summed E-state index contributed by atoms with van der Waals surface area (Å²) in [6.07, 6.45) is 4.84. The number of rotatable bonds is 6. The van der Waals surface area contributed by atoms with Crippen LogP contribution in [0.25, 0.3) is 0 Å². The van der Waals surface area contributed by atoms with Crippen LogP contribution in [0.1, 0.15) is 39.4 Å². The summed E-state index contributed by atoms with van der Waals surface area (Å²) in [5.74, 6) is 1.06. The predicted octanol–water partition coefficient (Wildman–Crippen LogP) is 4.08. The Kier molecular flexibility index (Phi) is 6.11. The van der Waals surface area contributed by atoms with E-state index < -0.39 is 6.10 Å². The van der Waals surface area contributed by atoms with E-state index in [1.807, 2.05) is 36.6 Å². The maximum Gasteiger partial charge on any atom is 0.168 e. The second-order valence-corrected chi connectivity index (χ2v) is 9.93. The standard InChI is InChI=1S/C22H27NO3S2/c1-13-11-17-20(28-13)10-3-14(21(17)24)12-23-18-8-9-19(22(18)25)26-15-4-6-16(27-2)7-5-15/h4-7,11,14,18-19,22-23,25H,3,8-10,12H2,1-2H3. The van der Waals surface area contributed by atoms with Gasteiger partial charge in [-0.1, -0.05) is 0 Å². The summed E-state index contributed by atoms with van der Waals surface area (Å²) in [4.78, 5) is 16.4. The minimum Gasteiger partial charge on any atom is -0.488 e. The number of hydrogen-bond donors (Lipinski definition) is 2. The van der Waals surface area contributed by atoms with Crippen LogP contribution in [0, 0.1) is 12.8 Å². The summed E-state index contributed by atoms with van der Waals surface area (Å²) in [6.45, 7) is 2.69. The van der Waals surface area contributed by atoms with Crippen LogP contribution in [0.4, 0.5) is 0 Å². The van der Waals surface area contributed by atoms with E-state index in [1.165, 1.54) is 14.6 Å². The van der Waals surface area contributed by atoms with Gasteiger partial charge in [-0.05, 0) is 69.2 Å². The first-order valence-electron chi connectivity index (χ1n) is 9.91. The highest BCUT2D eigenvalue weighted by Gasteiger charge is 2.37. The lowest BCUT2D eigenvalue weighted by molar-refractivity contribution is 0.0441. The number of Topliss-reactive ketones (excluding diaryl/α,β-unsaturated/α-hetero) is 1. The second kappa shape index (κ2) is 8.57. The summed E-state index contributed by atoms with van der Waals surface area (Å²) >= 11 is 3.44. The minimum absolute atomic E-state index is 0.00718. The van der Waals surface area contributed by atoms with Gasteiger partial charge in [0.2, 0.25) is 0 Å². The largest absolute Gasteiger partial charge is 0.488 e. The Balaban J connectivity index is 1.30. The molecule has 1 saturated carbocycles. The van der Waals surface area contributed by atoms with Crippen LogP contribution in [-0.4, -0.2) is 41.9 Å². The molecule has 0 aliphatic heterocycles. The van der Waals surface area contributed by atoms with Gasteiger partial charge in [-0.2, -0.15) is 0 Å². The van der Waals surface area contributed by atoms with Gasteiger partial charge in [-0.3, -0.25) is 4.79 Å². The third kappa shape index (κ3) is 4.15. The van der Waals surface area contributed by atoms with Crippen molar-refractivity contribution in [2.45, 2.75) is 55.8 Å². The molecule has 28 heavy (non-hydrogen) atoms. The molecule has 1 heterocycles. The molecule has 2 aliphatic carbocycles. The molecule has 0 amide bonds. The van der Waals surface area contributed by atoms with Crippen LogP contribution < -0.4 is 10.1 Å². The van der Waals surface area contributed by atoms with Gasteiger partial charge in [0.05, 0.1) is 0 Å². The van der Waals surface area contributed by atoms with E-state index in [0.29, 0.717) is 6.54 Å². The number of thiophene rings is 1. The lowest BCUT2D eigenvalue weighted by Crippen LogP contribution is -2.44. The molecule has 150 valence electrons. The number of thioether (sulfide) groups is 1. The third-order valence-electron chi connectivity index (χ3n) is 5.82. The van der Waals surface area contributed by atoms with E-state index in [1.54, 1.807) is 23.1 Å². The van der Waals surface area contributed by atoms with Crippen LogP contribution in [0.15, 0.2) is 35.2 Å². The van der Waals surface area contributed by atoms with E-state index in [-0.39, 0.29) is 23.8 Å². The molecular formula is C22H27NO3S2. The van der Waals surface area contributed by atoms with Crippen molar-refractivity contribution in [3.8, 4) is 5.75 Å². The van der Waals surface area contributed by atoms with Gasteiger partial charge in [0.25, 0.3) is 0 Å². The van der Waals surface area contributed by atoms with Crippen molar-refractivity contribution in [2.75, 3.05) is 12.8 Å². The highest BCUT2D eigenvalue weighted by molar-refractivity contribution is 7.98. The average molecular weight is 418 g/mol. The van der Waals surface area contributed by atoms with Crippen LogP contribution in [0.5, 0.6) is 5.75 Å². The van der Waals surface area contributed by atoms with Crippen LogP contribution in [0.2, 0.25) is 0 Å². The van der Waals surface area contributed by atoms with E-state index >= 15 is 0 Å². The predicted molar refractivity (Wildman–Crippen MR) is 115 cm³/mol. The normalized spacial score (nSPS) is 27.0. The maximum absolute atomic E-state index is 12.8. The smallest absolute Gasteiger partial charge is 0.168 e. The number of hydrogen-bond acceptors (Lipinski definition) is 6. The highest BCUT2D eigenvalue weighted by Crippen LogP contribution is 2.32. The number of benzene rings is 1. The summed E-state index contributed by atoms with van der Waals surface area (Å²) < 4.78 is 6.01. The van der Waals surface area contributed by atoms with Gasteiger partial charge in [-0.15, -0.1) is 23.1 Å². The van der Waals surface area contributed by atoms with Gasteiger partial charge in [0, 0.05) is 38.7 Å². The van der Waals surface area contributed by atoms with Gasteiger partial charge in [0.1, 0.15) is 18.0 Å². The molecule has 0 bridgehead atoms. The van der Waals surface area contributed by atoms with Crippen molar-refractivity contribution in [1.82, 2.24) is 5.32 Å². The highest BCUT2D eigenvalue weighted by atomic mass is 32.2. The van der Waals surface area contributed by atoms with Crippen LogP contribution >= 0.6 is 23.1 Å². The summed E-state index contributed by atoms with van der Waals surface area (Å²) in [5, 5.41) is 14.1. The first kappa shape index (κ1) is 20.0. The van der Waals surface area contributed by atoms with Gasteiger partial charge >= 0.3 is 0 Å². The number of ether oxygens (including phenoxy) is 1. The van der Waals surface area contributed by atoms with Gasteiger partial charge in [0.15, 0.2) is 5.78 Å². The Morgan fingerprint density at radius 1 is 1.25 bits per heavy atom. The Morgan fingerprint density at radius 3 is 2.79 bits per heavy atom.